The number of carbonyl (C=O) groups excluding carboxylic acids is 1. The number of hydrogen-bond donors (Lipinski definition) is 2. The van der Waals surface area contributed by atoms with Crippen LogP contribution in [-0.2, 0) is 4.79 Å². The van der Waals surface area contributed by atoms with Crippen molar-refractivity contribution in [2.75, 3.05) is 0 Å². The van der Waals surface area contributed by atoms with E-state index in [2.05, 4.69) is 10.3 Å². The highest BCUT2D eigenvalue weighted by Gasteiger charge is 2.18. The smallest absolute Gasteiger partial charge is 0.303 e. The van der Waals surface area contributed by atoms with Crippen LogP contribution in [0.15, 0.2) is 16.8 Å². The fraction of sp³-hybridized carbons (Fsp3) is 0.357. The van der Waals surface area contributed by atoms with Gasteiger partial charge in [0.25, 0.3) is 5.91 Å². The van der Waals surface area contributed by atoms with Gasteiger partial charge in [0, 0.05) is 23.4 Å². The molecule has 0 spiro atoms. The number of thiophene rings is 1. The Kier molecular flexibility index (Phi) is 5.08. The van der Waals surface area contributed by atoms with Crippen LogP contribution in [0.5, 0.6) is 0 Å². The molecule has 0 bridgehead atoms. The highest BCUT2D eigenvalue weighted by atomic mass is 32.1. The molecule has 1 amide bonds. The van der Waals surface area contributed by atoms with Gasteiger partial charge in [-0.15, -0.1) is 11.3 Å². The van der Waals surface area contributed by atoms with Gasteiger partial charge in [0.1, 0.15) is 9.88 Å². The van der Waals surface area contributed by atoms with Crippen molar-refractivity contribution < 1.29 is 14.7 Å². The molecule has 0 aliphatic heterocycles. The average molecular weight is 324 g/mol. The summed E-state index contributed by atoms with van der Waals surface area (Å²) >= 11 is 2.95. The number of aromatic nitrogens is 1. The summed E-state index contributed by atoms with van der Waals surface area (Å²) in [5.41, 5.74) is 1.72. The summed E-state index contributed by atoms with van der Waals surface area (Å²) in [7, 11) is 0. The van der Waals surface area contributed by atoms with Gasteiger partial charge in [-0.3, -0.25) is 9.59 Å². The van der Waals surface area contributed by atoms with Crippen LogP contribution in [0.4, 0.5) is 0 Å². The highest BCUT2D eigenvalue weighted by Crippen LogP contribution is 2.29. The lowest BCUT2D eigenvalue weighted by Gasteiger charge is -2.11. The Morgan fingerprint density at radius 2 is 2.24 bits per heavy atom. The number of carboxylic acids is 1. The van der Waals surface area contributed by atoms with Crippen LogP contribution in [0, 0.1) is 6.92 Å². The van der Waals surface area contributed by atoms with E-state index in [1.54, 1.807) is 18.3 Å². The molecule has 0 saturated carbocycles. The Balaban J connectivity index is 2.04. The number of thiazole rings is 1. The fourth-order valence-electron chi connectivity index (χ4n) is 1.82. The van der Waals surface area contributed by atoms with E-state index in [0.717, 1.165) is 10.6 Å². The molecule has 2 N–H and O–H groups in total. The molecule has 0 fully saturated rings. The Morgan fingerprint density at radius 3 is 2.86 bits per heavy atom. The predicted molar refractivity (Wildman–Crippen MR) is 84.0 cm³/mol. The van der Waals surface area contributed by atoms with E-state index < -0.39 is 5.97 Å². The van der Waals surface area contributed by atoms with Crippen molar-refractivity contribution in [3.8, 4) is 10.6 Å². The molecule has 21 heavy (non-hydrogen) atoms. The monoisotopic (exact) mass is 324 g/mol. The average Bonchev–Trinajstić information content (AvgIpc) is 3.05. The zero-order valence-electron chi connectivity index (χ0n) is 11.8. The first-order chi connectivity index (χ1) is 9.97. The lowest BCUT2D eigenvalue weighted by molar-refractivity contribution is -0.137. The fourth-order valence-corrected chi connectivity index (χ4v) is 3.50. The van der Waals surface area contributed by atoms with Gasteiger partial charge in [-0.2, -0.15) is 11.3 Å². The Bertz CT molecular complexity index is 635. The molecule has 0 aliphatic rings. The zero-order chi connectivity index (χ0) is 15.4. The van der Waals surface area contributed by atoms with Gasteiger partial charge in [0.15, 0.2) is 0 Å². The van der Waals surface area contributed by atoms with Crippen molar-refractivity contribution >= 4 is 34.6 Å². The maximum absolute atomic E-state index is 12.2. The van der Waals surface area contributed by atoms with Gasteiger partial charge in [0.2, 0.25) is 0 Å². The van der Waals surface area contributed by atoms with Crippen LogP contribution in [-0.4, -0.2) is 28.0 Å². The van der Waals surface area contributed by atoms with Gasteiger partial charge in [0.05, 0.1) is 5.69 Å². The van der Waals surface area contributed by atoms with Crippen LogP contribution >= 0.6 is 22.7 Å². The number of carboxylic acid groups (broad SMARTS) is 1. The van der Waals surface area contributed by atoms with Gasteiger partial charge >= 0.3 is 5.97 Å². The number of amides is 1. The van der Waals surface area contributed by atoms with Crippen molar-refractivity contribution in [2.45, 2.75) is 32.7 Å². The minimum absolute atomic E-state index is 0.0449. The highest BCUT2D eigenvalue weighted by molar-refractivity contribution is 7.17. The number of nitrogens with zero attached hydrogens (tertiary/aromatic N) is 1. The molecule has 5 nitrogen and oxygen atoms in total. The SMILES string of the molecule is Cc1nc(-c2ccsc2)sc1C(=O)NC(C)CCC(=O)O. The molecular weight excluding hydrogens is 308 g/mol. The standard InChI is InChI=1S/C14H16N2O3S2/c1-8(3-4-11(17)18)15-13(19)12-9(2)16-14(21-12)10-5-6-20-7-10/h5-8H,3-4H2,1-2H3,(H,15,19)(H,17,18). The van der Waals surface area contributed by atoms with Crippen molar-refractivity contribution in [3.63, 3.8) is 0 Å². The third kappa shape index (κ3) is 4.12. The number of aliphatic carboxylic acids is 1. The van der Waals surface area contributed by atoms with Gasteiger partial charge in [-0.05, 0) is 31.7 Å². The summed E-state index contributed by atoms with van der Waals surface area (Å²) in [5, 5.41) is 16.3. The molecule has 2 aromatic rings. The number of rotatable bonds is 6. The van der Waals surface area contributed by atoms with Crippen molar-refractivity contribution in [1.82, 2.24) is 10.3 Å². The summed E-state index contributed by atoms with van der Waals surface area (Å²) in [4.78, 5) is 27.8. The first-order valence-electron chi connectivity index (χ1n) is 6.50. The molecule has 1 unspecified atom stereocenters. The van der Waals surface area contributed by atoms with E-state index >= 15 is 0 Å². The molecule has 0 radical (unpaired) electrons. The third-order valence-electron chi connectivity index (χ3n) is 2.94. The van der Waals surface area contributed by atoms with Crippen LogP contribution < -0.4 is 5.32 Å². The Labute approximate surface area is 130 Å². The molecule has 2 aromatic heterocycles. The molecule has 112 valence electrons. The number of nitrogens with one attached hydrogen (secondary N) is 1. The zero-order valence-corrected chi connectivity index (χ0v) is 13.4. The maximum Gasteiger partial charge on any atom is 0.303 e. The molecule has 2 rings (SSSR count). The predicted octanol–water partition coefficient (Wildman–Crippen LogP) is 3.16. The molecule has 7 heteroatoms. The quantitative estimate of drug-likeness (QED) is 0.855. The molecule has 0 aliphatic carbocycles. The first kappa shape index (κ1) is 15.7. The van der Waals surface area contributed by atoms with E-state index in [1.165, 1.54) is 11.3 Å². The summed E-state index contributed by atoms with van der Waals surface area (Å²) in [6.07, 6.45) is 0.458. The van der Waals surface area contributed by atoms with Gasteiger partial charge in [-0.1, -0.05) is 0 Å². The van der Waals surface area contributed by atoms with E-state index in [4.69, 9.17) is 5.11 Å². The van der Waals surface area contributed by atoms with Crippen molar-refractivity contribution in [2.24, 2.45) is 0 Å². The lowest BCUT2D eigenvalue weighted by atomic mass is 10.2. The van der Waals surface area contributed by atoms with Crippen LogP contribution in [0.2, 0.25) is 0 Å². The summed E-state index contributed by atoms with van der Waals surface area (Å²) in [6, 6.07) is 1.79. The Hall–Kier alpha value is -1.73. The van der Waals surface area contributed by atoms with E-state index in [9.17, 15) is 9.59 Å². The van der Waals surface area contributed by atoms with E-state index in [-0.39, 0.29) is 18.4 Å². The first-order valence-corrected chi connectivity index (χ1v) is 8.26. The largest absolute Gasteiger partial charge is 0.481 e. The summed E-state index contributed by atoms with van der Waals surface area (Å²) in [5.74, 6) is -1.05. The minimum Gasteiger partial charge on any atom is -0.481 e. The molecule has 0 saturated heterocycles. The molecule has 1 atom stereocenters. The van der Waals surface area contributed by atoms with Crippen LogP contribution in [0.1, 0.15) is 35.1 Å². The van der Waals surface area contributed by atoms with E-state index in [0.29, 0.717) is 17.0 Å². The topological polar surface area (TPSA) is 79.3 Å². The van der Waals surface area contributed by atoms with Crippen molar-refractivity contribution in [3.05, 3.63) is 27.4 Å². The normalized spacial score (nSPS) is 12.1. The second-order valence-corrected chi connectivity index (χ2v) is 6.53. The van der Waals surface area contributed by atoms with Crippen LogP contribution in [0.25, 0.3) is 10.6 Å². The number of carbonyl (C=O) groups is 2. The minimum atomic E-state index is -0.857. The Morgan fingerprint density at radius 1 is 1.48 bits per heavy atom. The summed E-state index contributed by atoms with van der Waals surface area (Å²) in [6.45, 7) is 3.61. The third-order valence-corrected chi connectivity index (χ3v) is 4.83. The lowest BCUT2D eigenvalue weighted by Crippen LogP contribution is -2.32. The van der Waals surface area contributed by atoms with E-state index in [1.807, 2.05) is 23.8 Å². The number of hydrogen-bond acceptors (Lipinski definition) is 5. The second-order valence-electron chi connectivity index (χ2n) is 4.75. The van der Waals surface area contributed by atoms with Crippen molar-refractivity contribution in [1.29, 1.82) is 0 Å². The molecule has 2 heterocycles. The van der Waals surface area contributed by atoms with Crippen LogP contribution in [0.3, 0.4) is 0 Å². The van der Waals surface area contributed by atoms with Gasteiger partial charge in [-0.25, -0.2) is 4.98 Å². The van der Waals surface area contributed by atoms with Gasteiger partial charge < -0.3 is 10.4 Å². The summed E-state index contributed by atoms with van der Waals surface area (Å²) < 4.78 is 0. The molecule has 0 aromatic carbocycles. The maximum atomic E-state index is 12.2. The molecular formula is C14H16N2O3S2. The second kappa shape index (κ2) is 6.82. The number of aryl methyl sites for hydroxylation is 1.